The summed E-state index contributed by atoms with van der Waals surface area (Å²) in [6.45, 7) is 2.68. The zero-order chi connectivity index (χ0) is 77.0. The van der Waals surface area contributed by atoms with Crippen molar-refractivity contribution in [1.29, 1.82) is 0 Å². The topological polar surface area (TPSA) is 561 Å². The number of aromatic hydroxyl groups is 1. The van der Waals surface area contributed by atoms with E-state index in [0.717, 1.165) is 39.8 Å². The smallest absolute Gasteiger partial charge is 0.303 e. The van der Waals surface area contributed by atoms with Gasteiger partial charge in [-0.3, -0.25) is 72.1 Å². The molecule has 2 aliphatic rings. The van der Waals surface area contributed by atoms with Crippen LogP contribution in [0.2, 0.25) is 0 Å². The number of fused-ring (bicyclic) bond motifs is 1. The van der Waals surface area contributed by atoms with Gasteiger partial charge in [0.2, 0.25) is 76.8 Å². The number of primary amides is 2. The minimum Gasteiger partial charge on any atom is -0.508 e. The Labute approximate surface area is 609 Å². The molecule has 4 aromatic rings. The first-order valence-electron chi connectivity index (χ1n) is 33.8. The third-order valence-corrected chi connectivity index (χ3v) is 19.4. The summed E-state index contributed by atoms with van der Waals surface area (Å²) in [5.41, 5.74) is 29.0. The maximum absolute atomic E-state index is 15.6. The van der Waals surface area contributed by atoms with Crippen LogP contribution < -0.4 is 81.8 Å². The molecular formula is C67H90F2N18O16S2. The number of benzene rings is 3. The molecule has 10 atom stereocenters. The van der Waals surface area contributed by atoms with Crippen molar-refractivity contribution in [2.45, 2.75) is 158 Å². The van der Waals surface area contributed by atoms with E-state index in [1.54, 1.807) is 0 Å². The molecule has 2 saturated heterocycles. The number of hydrogen-bond donors (Lipinski definition) is 18. The summed E-state index contributed by atoms with van der Waals surface area (Å²) >= 11 is 0. The van der Waals surface area contributed by atoms with Gasteiger partial charge in [-0.15, -0.1) is 0 Å². The lowest BCUT2D eigenvalue weighted by molar-refractivity contribution is -0.139. The fourth-order valence-corrected chi connectivity index (χ4v) is 13.7. The fraction of sp³-hybridized carbons (Fsp3) is 0.478. The molecule has 0 radical (unpaired) electrons. The number of amides is 13. The number of nitrogens with two attached hydrogens (primary N) is 5. The zero-order valence-electron chi connectivity index (χ0n) is 57.7. The van der Waals surface area contributed by atoms with Gasteiger partial charge >= 0.3 is 5.97 Å². The Bertz CT molecular complexity index is 3830. The first-order chi connectivity index (χ1) is 49.9. The van der Waals surface area contributed by atoms with Crippen molar-refractivity contribution in [2.75, 3.05) is 37.7 Å². The maximum atomic E-state index is 15.6. The first kappa shape index (κ1) is 83.3. The molecule has 0 unspecified atom stereocenters. The van der Waals surface area contributed by atoms with Crippen molar-refractivity contribution in [2.24, 2.45) is 39.6 Å². The number of carbonyl (C=O) groups is 14. The van der Waals surface area contributed by atoms with Crippen molar-refractivity contribution >= 4 is 121 Å². The van der Waals surface area contributed by atoms with Crippen LogP contribution in [0, 0.1) is 17.6 Å². The summed E-state index contributed by atoms with van der Waals surface area (Å²) in [6.07, 6.45) is -2.47. The van der Waals surface area contributed by atoms with Gasteiger partial charge in [-0.25, -0.2) is 8.78 Å². The summed E-state index contributed by atoms with van der Waals surface area (Å²) in [4.78, 5) is 204. The summed E-state index contributed by atoms with van der Waals surface area (Å²) < 4.78 is 30.4. The highest BCUT2D eigenvalue weighted by atomic mass is 33.1. The number of guanidine groups is 1. The Morgan fingerprint density at radius 1 is 0.695 bits per heavy atom. The molecule has 34 nitrogen and oxygen atoms in total. The maximum Gasteiger partial charge on any atom is 0.303 e. The molecule has 6 rings (SSSR count). The van der Waals surface area contributed by atoms with Gasteiger partial charge in [0.05, 0.1) is 0 Å². The molecule has 2 aliphatic heterocycles. The van der Waals surface area contributed by atoms with Gasteiger partial charge in [-0.2, -0.15) is 0 Å². The minimum atomic E-state index is -1.82. The van der Waals surface area contributed by atoms with E-state index in [1.165, 1.54) is 73.5 Å². The van der Waals surface area contributed by atoms with Crippen molar-refractivity contribution < 1.29 is 86.1 Å². The molecule has 0 saturated carbocycles. The number of carbonyl (C=O) groups excluding carboxylic acids is 13. The molecule has 1 aromatic heterocycles. The molecule has 3 aromatic carbocycles. The van der Waals surface area contributed by atoms with Crippen LogP contribution in [-0.4, -0.2) is 207 Å². The van der Waals surface area contributed by atoms with Gasteiger partial charge in [0, 0.05) is 99.7 Å². The number of carboxylic acids is 1. The van der Waals surface area contributed by atoms with Crippen LogP contribution in [0.25, 0.3) is 10.9 Å². The quantitative estimate of drug-likeness (QED) is 0.0145. The van der Waals surface area contributed by atoms with Crippen molar-refractivity contribution in [1.82, 2.24) is 63.1 Å². The van der Waals surface area contributed by atoms with Crippen LogP contribution in [0.15, 0.2) is 77.9 Å². The van der Waals surface area contributed by atoms with Crippen molar-refractivity contribution in [3.05, 3.63) is 101 Å². The molecule has 3 heterocycles. The lowest BCUT2D eigenvalue weighted by Gasteiger charge is -2.29. The van der Waals surface area contributed by atoms with E-state index in [9.17, 15) is 76.9 Å². The second-order valence-corrected chi connectivity index (χ2v) is 27.9. The third kappa shape index (κ3) is 26.5. The van der Waals surface area contributed by atoms with Gasteiger partial charge in [-0.1, -0.05) is 65.8 Å². The number of phenolic OH excluding ortho intramolecular Hbond substituents is 1. The zero-order valence-corrected chi connectivity index (χ0v) is 59.3. The summed E-state index contributed by atoms with van der Waals surface area (Å²) in [5.74, 6) is -17.7. The number of likely N-dealkylation sites (tertiary alicyclic amines) is 1. The van der Waals surface area contributed by atoms with E-state index in [-0.39, 0.29) is 80.0 Å². The van der Waals surface area contributed by atoms with Gasteiger partial charge in [0.15, 0.2) is 5.96 Å². The highest BCUT2D eigenvalue weighted by Gasteiger charge is 2.39. The van der Waals surface area contributed by atoms with Gasteiger partial charge in [0.25, 0.3) is 0 Å². The van der Waals surface area contributed by atoms with Crippen LogP contribution in [0.1, 0.15) is 94.7 Å². The SMILES string of the molecule is CC(C)[C@@H]1NC(=O)[C@@H](NC(=O)[C@H](Cc2ccc(O)cc2)NC(=O)[C@@H]2CCCN2C(=O)CCN)CSSC[C@@H](C(N)=O)NC(=O)[C@H](CCC(=O)O)NC(=O)[C@H](Cc2c[nH]c3ccc(F)cc23)NC(=O)[C@@H](CCC(N)=O)NC(=O)CCNC(=O)[C@H](CCCN=C(N)N)NC(=O)[C@H](Cc2ccccc2F)NC1=O. The molecule has 0 spiro atoms. The highest BCUT2D eigenvalue weighted by Crippen LogP contribution is 2.26. The number of carboxylic acid groups (broad SMARTS) is 1. The van der Waals surface area contributed by atoms with Crippen molar-refractivity contribution in [3.63, 3.8) is 0 Å². The number of hydrogen-bond acceptors (Lipinski definition) is 19. The minimum absolute atomic E-state index is 0.00704. The molecule has 2 fully saturated rings. The Morgan fingerprint density at radius 3 is 1.96 bits per heavy atom. The van der Waals surface area contributed by atoms with Crippen LogP contribution >= 0.6 is 21.6 Å². The number of aliphatic carboxylic acids is 1. The molecular weight excluding hydrogens is 1410 g/mol. The van der Waals surface area contributed by atoms with E-state index in [0.29, 0.717) is 17.5 Å². The third-order valence-electron chi connectivity index (χ3n) is 17.0. The number of phenols is 1. The number of rotatable bonds is 24. The predicted molar refractivity (Wildman–Crippen MR) is 381 cm³/mol. The second kappa shape index (κ2) is 41.0. The number of halogens is 2. The van der Waals surface area contributed by atoms with Gasteiger partial charge in [0.1, 0.15) is 77.8 Å². The van der Waals surface area contributed by atoms with E-state index in [4.69, 9.17) is 28.7 Å². The molecule has 570 valence electrons. The molecule has 0 bridgehead atoms. The van der Waals surface area contributed by atoms with E-state index in [1.807, 2.05) is 0 Å². The monoisotopic (exact) mass is 1500 g/mol. The number of aromatic nitrogens is 1. The number of aromatic amines is 1. The van der Waals surface area contributed by atoms with E-state index >= 15 is 9.18 Å². The largest absolute Gasteiger partial charge is 0.508 e. The summed E-state index contributed by atoms with van der Waals surface area (Å²) in [7, 11) is 1.61. The van der Waals surface area contributed by atoms with Crippen LogP contribution in [0.3, 0.4) is 0 Å². The fourth-order valence-electron chi connectivity index (χ4n) is 11.4. The molecule has 13 amide bonds. The number of nitrogens with one attached hydrogen (secondary N) is 11. The lowest BCUT2D eigenvalue weighted by Crippen LogP contribution is -2.61. The lowest BCUT2D eigenvalue weighted by atomic mass is 10.00. The molecule has 38 heteroatoms. The normalized spacial score (nSPS) is 22.1. The number of nitrogens with zero attached hydrogens (tertiary/aromatic N) is 2. The molecule has 105 heavy (non-hydrogen) atoms. The number of aliphatic imine (C=N–C) groups is 1. The highest BCUT2D eigenvalue weighted by molar-refractivity contribution is 8.76. The second-order valence-electron chi connectivity index (χ2n) is 25.3. The standard InChI is InChI=1S/C67H90F2N18O16S2/c1-34(2)56-66(103)83-47(28-36-7-3-4-8-41(36)69)62(99)79-43(9-5-24-76-67(73)74)58(95)75-25-22-53(90)78-44(17-19-52(71)89)59(96)81-48(29-37-31-77-42-16-13-38(68)30-40(37)42)63(100)80-45(18-20-55(92)93)60(97)84-49(57(72)94)32-104-105-33-50(64(101)86-56)85-61(98)46(27-35-11-14-39(88)15-12-35)82-65(102)51-10-6-26-87(51)54(91)21-23-70/h3-4,7-8,11-16,30-31,34,43-51,56,77,88H,5-6,9-10,17-29,32-33,70H2,1-2H3,(H2,71,89)(H2,72,94)(H,75,95)(H,78,90)(H,79,99)(H,80,100)(H,81,96)(H,82,102)(H,83,103)(H,84,97)(H,85,98)(H,86,101)(H,92,93)(H4,73,74,76)/t43-,44+,45-,46-,47-,48-,49-,50-,51-,56-/m0/s1. The Morgan fingerprint density at radius 2 is 1.31 bits per heavy atom. The van der Waals surface area contributed by atoms with Gasteiger partial charge < -0.3 is 102 Å². The predicted octanol–water partition coefficient (Wildman–Crippen LogP) is -2.89. The molecule has 23 N–H and O–H groups in total. The number of H-pyrrole nitrogens is 1. The first-order valence-corrected chi connectivity index (χ1v) is 36.3. The van der Waals surface area contributed by atoms with Crippen LogP contribution in [-0.2, 0) is 86.4 Å². The Hall–Kier alpha value is -10.6. The summed E-state index contributed by atoms with van der Waals surface area (Å²) in [5, 5.41) is 45.6. The van der Waals surface area contributed by atoms with Gasteiger partial charge in [-0.05, 0) is 97.5 Å². The van der Waals surface area contributed by atoms with E-state index < -0.39 is 224 Å². The molecule has 0 aliphatic carbocycles. The Kier molecular flexibility index (Phi) is 32.5. The van der Waals surface area contributed by atoms with Crippen molar-refractivity contribution in [3.8, 4) is 5.75 Å². The van der Waals surface area contributed by atoms with Crippen LogP contribution in [0.5, 0.6) is 5.75 Å². The average Bonchev–Trinajstić information content (AvgIpc) is 1.70. The Balaban J connectivity index is 1.42. The van der Waals surface area contributed by atoms with E-state index in [2.05, 4.69) is 63.1 Å². The summed E-state index contributed by atoms with van der Waals surface area (Å²) in [6, 6.07) is -1.43. The average molecular weight is 1510 g/mol. The van der Waals surface area contributed by atoms with Crippen LogP contribution in [0.4, 0.5) is 8.78 Å².